The summed E-state index contributed by atoms with van der Waals surface area (Å²) in [4.78, 5) is 24.0. The van der Waals surface area contributed by atoms with Crippen LogP contribution in [-0.2, 0) is 4.79 Å². The smallest absolute Gasteiger partial charge is 0.279 e. The van der Waals surface area contributed by atoms with Crippen molar-refractivity contribution in [2.45, 2.75) is 39.7 Å². The zero-order chi connectivity index (χ0) is 18.4. The second-order valence-electron chi connectivity index (χ2n) is 6.29. The number of carbonyl (C=O) groups excluding carboxylic acids is 2. The van der Waals surface area contributed by atoms with E-state index in [0.29, 0.717) is 17.2 Å². The Labute approximate surface area is 148 Å². The second kappa shape index (κ2) is 8.33. The van der Waals surface area contributed by atoms with E-state index in [-0.39, 0.29) is 5.91 Å². The molecule has 0 heterocycles. The van der Waals surface area contributed by atoms with Crippen molar-refractivity contribution < 1.29 is 14.3 Å². The van der Waals surface area contributed by atoms with Gasteiger partial charge in [0.1, 0.15) is 5.75 Å². The lowest BCUT2D eigenvalue weighted by molar-refractivity contribution is -0.128. The fraction of sp³-hybridized carbons (Fsp3) is 0.300. The highest BCUT2D eigenvalue weighted by atomic mass is 16.5. The van der Waals surface area contributed by atoms with Crippen LogP contribution >= 0.6 is 0 Å². The van der Waals surface area contributed by atoms with Crippen molar-refractivity contribution in [3.05, 3.63) is 65.2 Å². The summed E-state index contributed by atoms with van der Waals surface area (Å²) in [6.07, 6.45) is -0.733. The molecular formula is C20H24N2O3. The fourth-order valence-electron chi connectivity index (χ4n) is 2.19. The molecule has 5 heteroatoms. The van der Waals surface area contributed by atoms with Crippen LogP contribution in [0.4, 0.5) is 0 Å². The van der Waals surface area contributed by atoms with Crippen LogP contribution in [0.1, 0.15) is 48.2 Å². The number of ether oxygens (including phenoxy) is 1. The molecule has 0 radical (unpaired) electrons. The summed E-state index contributed by atoms with van der Waals surface area (Å²) in [5.41, 5.74) is 7.51. The number of hydrogen-bond acceptors (Lipinski definition) is 3. The van der Waals surface area contributed by atoms with Crippen molar-refractivity contribution >= 4 is 11.8 Å². The molecule has 2 N–H and O–H groups in total. The minimum Gasteiger partial charge on any atom is -0.481 e. The average Bonchev–Trinajstić information content (AvgIpc) is 2.60. The van der Waals surface area contributed by atoms with Crippen molar-refractivity contribution in [1.29, 1.82) is 0 Å². The third-order valence-corrected chi connectivity index (χ3v) is 3.84. The number of rotatable bonds is 5. The van der Waals surface area contributed by atoms with E-state index in [0.717, 1.165) is 5.56 Å². The number of nitrogens with one attached hydrogen (secondary N) is 2. The SMILES string of the molecule is Cc1ccc(C(=O)NNC(=O)C(C)Oc2ccc(C(C)C)cc2)cc1. The Kier molecular flexibility index (Phi) is 6.17. The number of hydrazine groups is 1. The first-order valence-electron chi connectivity index (χ1n) is 8.30. The third-order valence-electron chi connectivity index (χ3n) is 3.84. The molecule has 2 aromatic carbocycles. The summed E-state index contributed by atoms with van der Waals surface area (Å²) in [5, 5.41) is 0. The molecule has 0 aliphatic heterocycles. The molecule has 0 spiro atoms. The van der Waals surface area contributed by atoms with E-state index >= 15 is 0 Å². The minimum atomic E-state index is -0.733. The Morgan fingerprint density at radius 3 is 2.04 bits per heavy atom. The van der Waals surface area contributed by atoms with Gasteiger partial charge in [-0.05, 0) is 49.6 Å². The molecule has 0 aliphatic carbocycles. The maximum absolute atomic E-state index is 12.1. The van der Waals surface area contributed by atoms with Crippen LogP contribution < -0.4 is 15.6 Å². The van der Waals surface area contributed by atoms with E-state index in [2.05, 4.69) is 24.7 Å². The maximum Gasteiger partial charge on any atom is 0.279 e. The van der Waals surface area contributed by atoms with E-state index in [9.17, 15) is 9.59 Å². The van der Waals surface area contributed by atoms with E-state index in [1.165, 1.54) is 5.56 Å². The molecule has 0 fully saturated rings. The first kappa shape index (κ1) is 18.5. The lowest BCUT2D eigenvalue weighted by Gasteiger charge is -2.16. The summed E-state index contributed by atoms with van der Waals surface area (Å²) < 4.78 is 5.60. The van der Waals surface area contributed by atoms with Gasteiger partial charge in [0.25, 0.3) is 11.8 Å². The van der Waals surface area contributed by atoms with Crippen molar-refractivity contribution in [3.8, 4) is 5.75 Å². The largest absolute Gasteiger partial charge is 0.481 e. The molecule has 0 saturated carbocycles. The van der Waals surface area contributed by atoms with E-state index in [1.54, 1.807) is 19.1 Å². The van der Waals surface area contributed by atoms with Crippen LogP contribution in [-0.4, -0.2) is 17.9 Å². The topological polar surface area (TPSA) is 67.4 Å². The zero-order valence-corrected chi connectivity index (χ0v) is 15.0. The van der Waals surface area contributed by atoms with Gasteiger partial charge in [0.2, 0.25) is 0 Å². The van der Waals surface area contributed by atoms with Gasteiger partial charge in [-0.1, -0.05) is 43.7 Å². The quantitative estimate of drug-likeness (QED) is 0.820. The van der Waals surface area contributed by atoms with Crippen LogP contribution in [0, 0.1) is 6.92 Å². The van der Waals surface area contributed by atoms with Crippen LogP contribution in [0.2, 0.25) is 0 Å². The van der Waals surface area contributed by atoms with Gasteiger partial charge < -0.3 is 4.74 Å². The molecule has 1 atom stereocenters. The zero-order valence-electron chi connectivity index (χ0n) is 15.0. The van der Waals surface area contributed by atoms with Crippen LogP contribution in [0.15, 0.2) is 48.5 Å². The molecule has 0 aliphatic rings. The Bertz CT molecular complexity index is 722. The Morgan fingerprint density at radius 2 is 1.48 bits per heavy atom. The van der Waals surface area contributed by atoms with Gasteiger partial charge in [0, 0.05) is 5.56 Å². The summed E-state index contributed by atoms with van der Waals surface area (Å²) in [6.45, 7) is 7.80. The predicted molar refractivity (Wildman–Crippen MR) is 97.4 cm³/mol. The third kappa shape index (κ3) is 5.35. The summed E-state index contributed by atoms with van der Waals surface area (Å²) >= 11 is 0. The molecule has 132 valence electrons. The minimum absolute atomic E-state index is 0.373. The van der Waals surface area contributed by atoms with Crippen molar-refractivity contribution in [2.24, 2.45) is 0 Å². The monoisotopic (exact) mass is 340 g/mol. The second-order valence-corrected chi connectivity index (χ2v) is 6.29. The molecule has 25 heavy (non-hydrogen) atoms. The molecule has 5 nitrogen and oxygen atoms in total. The molecular weight excluding hydrogens is 316 g/mol. The fourth-order valence-corrected chi connectivity index (χ4v) is 2.19. The predicted octanol–water partition coefficient (Wildman–Crippen LogP) is 3.35. The first-order valence-corrected chi connectivity index (χ1v) is 8.30. The highest BCUT2D eigenvalue weighted by molar-refractivity contribution is 5.95. The number of carbonyl (C=O) groups is 2. The Hall–Kier alpha value is -2.82. The Balaban J connectivity index is 1.85. The summed E-state index contributed by atoms with van der Waals surface area (Å²) in [5.74, 6) is 0.249. The van der Waals surface area contributed by atoms with Crippen molar-refractivity contribution in [3.63, 3.8) is 0 Å². The highest BCUT2D eigenvalue weighted by Crippen LogP contribution is 2.19. The molecule has 0 bridgehead atoms. The maximum atomic E-state index is 12.1. The normalized spacial score (nSPS) is 11.7. The average molecular weight is 340 g/mol. The van der Waals surface area contributed by atoms with Crippen LogP contribution in [0.3, 0.4) is 0 Å². The highest BCUT2D eigenvalue weighted by Gasteiger charge is 2.16. The lowest BCUT2D eigenvalue weighted by atomic mass is 10.0. The van der Waals surface area contributed by atoms with E-state index < -0.39 is 12.0 Å². The lowest BCUT2D eigenvalue weighted by Crippen LogP contribution is -2.47. The van der Waals surface area contributed by atoms with E-state index in [1.807, 2.05) is 43.3 Å². The van der Waals surface area contributed by atoms with Crippen LogP contribution in [0.5, 0.6) is 5.75 Å². The van der Waals surface area contributed by atoms with Gasteiger partial charge in [-0.15, -0.1) is 0 Å². The first-order chi connectivity index (χ1) is 11.9. The molecule has 0 aromatic heterocycles. The summed E-state index contributed by atoms with van der Waals surface area (Å²) in [6, 6.07) is 14.7. The van der Waals surface area contributed by atoms with Gasteiger partial charge >= 0.3 is 0 Å². The standard InChI is InChI=1S/C20H24N2O3/c1-13(2)16-9-11-18(12-10-16)25-15(4)19(23)21-22-20(24)17-7-5-14(3)6-8-17/h5-13,15H,1-4H3,(H,21,23)(H,22,24). The number of benzene rings is 2. The summed E-state index contributed by atoms with van der Waals surface area (Å²) in [7, 11) is 0. The van der Waals surface area contributed by atoms with Gasteiger partial charge in [-0.2, -0.15) is 0 Å². The molecule has 2 amide bonds. The Morgan fingerprint density at radius 1 is 0.880 bits per heavy atom. The van der Waals surface area contributed by atoms with E-state index in [4.69, 9.17) is 4.74 Å². The van der Waals surface area contributed by atoms with Crippen molar-refractivity contribution in [2.75, 3.05) is 0 Å². The molecule has 2 aromatic rings. The molecule has 2 rings (SSSR count). The van der Waals surface area contributed by atoms with Gasteiger partial charge in [0.05, 0.1) is 0 Å². The number of aryl methyl sites for hydroxylation is 1. The van der Waals surface area contributed by atoms with Crippen LogP contribution in [0.25, 0.3) is 0 Å². The van der Waals surface area contributed by atoms with Crippen molar-refractivity contribution in [1.82, 2.24) is 10.9 Å². The van der Waals surface area contributed by atoms with Gasteiger partial charge in [-0.25, -0.2) is 0 Å². The molecule has 0 saturated heterocycles. The van der Waals surface area contributed by atoms with Gasteiger partial charge in [0.15, 0.2) is 6.10 Å². The number of amides is 2. The number of hydrogen-bond donors (Lipinski definition) is 2. The molecule has 1 unspecified atom stereocenters. The van der Waals surface area contributed by atoms with Gasteiger partial charge in [-0.3, -0.25) is 20.4 Å².